The number of guanidine groups is 1. The average molecular weight is 478 g/mol. The molecule has 1 heterocycles. The highest BCUT2D eigenvalue weighted by molar-refractivity contribution is 14.0. The molecule has 0 aliphatic rings. The summed E-state index contributed by atoms with van der Waals surface area (Å²) < 4.78 is 18.7. The van der Waals surface area contributed by atoms with Crippen LogP contribution in [0.2, 0.25) is 0 Å². The van der Waals surface area contributed by atoms with E-state index in [9.17, 15) is 4.39 Å². The van der Waals surface area contributed by atoms with Gasteiger partial charge in [-0.2, -0.15) is 0 Å². The fourth-order valence-electron chi connectivity index (χ4n) is 2.21. The lowest BCUT2D eigenvalue weighted by Crippen LogP contribution is -2.42. The summed E-state index contributed by atoms with van der Waals surface area (Å²) in [7, 11) is 3.71. The Morgan fingerprint density at radius 3 is 2.64 bits per heavy atom. The number of nitrogens with zero attached hydrogens (tertiary/aromatic N) is 3. The largest absolute Gasteiger partial charge is 0.489 e. The van der Waals surface area contributed by atoms with Crippen molar-refractivity contribution in [3.05, 3.63) is 46.2 Å². The predicted octanol–water partition coefficient (Wildman–Crippen LogP) is 3.68. The first-order valence-corrected chi connectivity index (χ1v) is 8.61. The van der Waals surface area contributed by atoms with Gasteiger partial charge in [-0.3, -0.25) is 4.99 Å². The number of benzene rings is 1. The molecule has 0 fully saturated rings. The molecule has 1 unspecified atom stereocenters. The van der Waals surface area contributed by atoms with Gasteiger partial charge in [0.2, 0.25) is 0 Å². The zero-order chi connectivity index (χ0) is 17.5. The Balaban J connectivity index is 0.00000312. The maximum Gasteiger partial charge on any atom is 0.193 e. The molecule has 138 valence electrons. The minimum Gasteiger partial charge on any atom is -0.489 e. The van der Waals surface area contributed by atoms with Gasteiger partial charge in [-0.05, 0) is 38.1 Å². The number of hydrogen-bond acceptors (Lipinski definition) is 4. The highest BCUT2D eigenvalue weighted by Gasteiger charge is 2.11. The van der Waals surface area contributed by atoms with Gasteiger partial charge < -0.3 is 15.0 Å². The SMILES string of the molecule is CN=C(NCC(C)Oc1ccc(F)cc1)N(C)Cc1csc(C)n1.I. The van der Waals surface area contributed by atoms with Crippen molar-refractivity contribution < 1.29 is 9.13 Å². The Labute approximate surface area is 169 Å². The molecular formula is C17H24FIN4OS. The number of ether oxygens (including phenoxy) is 1. The normalized spacial score (nSPS) is 12.3. The quantitative estimate of drug-likeness (QED) is 0.391. The Bertz CT molecular complexity index is 678. The van der Waals surface area contributed by atoms with Crippen molar-refractivity contribution in [3.8, 4) is 5.75 Å². The molecule has 1 aromatic carbocycles. The van der Waals surface area contributed by atoms with Gasteiger partial charge in [0.15, 0.2) is 5.96 Å². The van der Waals surface area contributed by atoms with Crippen LogP contribution in [-0.4, -0.2) is 42.6 Å². The maximum absolute atomic E-state index is 12.9. The lowest BCUT2D eigenvalue weighted by atomic mass is 10.3. The van der Waals surface area contributed by atoms with E-state index in [4.69, 9.17) is 4.74 Å². The van der Waals surface area contributed by atoms with Gasteiger partial charge in [0.1, 0.15) is 17.7 Å². The van der Waals surface area contributed by atoms with Gasteiger partial charge in [-0.15, -0.1) is 35.3 Å². The van der Waals surface area contributed by atoms with E-state index in [-0.39, 0.29) is 35.9 Å². The van der Waals surface area contributed by atoms with Gasteiger partial charge in [0.25, 0.3) is 0 Å². The number of thiazole rings is 1. The smallest absolute Gasteiger partial charge is 0.193 e. The van der Waals surface area contributed by atoms with E-state index >= 15 is 0 Å². The number of rotatable bonds is 6. The molecule has 8 heteroatoms. The lowest BCUT2D eigenvalue weighted by Gasteiger charge is -2.23. The molecule has 0 aliphatic carbocycles. The molecule has 2 rings (SSSR count). The van der Waals surface area contributed by atoms with E-state index in [0.29, 0.717) is 18.8 Å². The molecule has 0 spiro atoms. The highest BCUT2D eigenvalue weighted by Crippen LogP contribution is 2.13. The van der Waals surface area contributed by atoms with E-state index in [1.54, 1.807) is 30.5 Å². The molecule has 0 amide bonds. The molecule has 25 heavy (non-hydrogen) atoms. The number of aromatic nitrogens is 1. The molecule has 0 radical (unpaired) electrons. The maximum atomic E-state index is 12.9. The van der Waals surface area contributed by atoms with Gasteiger partial charge in [0.05, 0.1) is 23.8 Å². The van der Waals surface area contributed by atoms with Crippen LogP contribution >= 0.6 is 35.3 Å². The first-order valence-electron chi connectivity index (χ1n) is 7.73. The van der Waals surface area contributed by atoms with Crippen LogP contribution in [0.5, 0.6) is 5.75 Å². The molecule has 1 N–H and O–H groups in total. The van der Waals surface area contributed by atoms with Crippen LogP contribution in [0.15, 0.2) is 34.6 Å². The second kappa shape index (κ2) is 10.5. The summed E-state index contributed by atoms with van der Waals surface area (Å²) in [5.41, 5.74) is 1.03. The number of hydrogen-bond donors (Lipinski definition) is 1. The summed E-state index contributed by atoms with van der Waals surface area (Å²) in [5.74, 6) is 1.15. The summed E-state index contributed by atoms with van der Waals surface area (Å²) in [6.07, 6.45) is -0.0814. The van der Waals surface area contributed by atoms with Crippen LogP contribution in [0.1, 0.15) is 17.6 Å². The van der Waals surface area contributed by atoms with E-state index in [2.05, 4.69) is 20.7 Å². The van der Waals surface area contributed by atoms with Crippen molar-refractivity contribution in [3.63, 3.8) is 0 Å². The Hall–Kier alpha value is -1.42. The van der Waals surface area contributed by atoms with Crippen molar-refractivity contribution in [2.75, 3.05) is 20.6 Å². The summed E-state index contributed by atoms with van der Waals surface area (Å²) in [6, 6.07) is 6.02. The van der Waals surface area contributed by atoms with E-state index < -0.39 is 0 Å². The van der Waals surface area contributed by atoms with Crippen molar-refractivity contribution in [1.82, 2.24) is 15.2 Å². The molecule has 0 saturated heterocycles. The van der Waals surface area contributed by atoms with Gasteiger partial charge in [0, 0.05) is 19.5 Å². The van der Waals surface area contributed by atoms with Crippen LogP contribution in [0, 0.1) is 12.7 Å². The second-order valence-electron chi connectivity index (χ2n) is 5.52. The third-order valence-corrected chi connectivity index (χ3v) is 4.16. The van der Waals surface area contributed by atoms with Gasteiger partial charge in [-0.1, -0.05) is 0 Å². The van der Waals surface area contributed by atoms with Crippen LogP contribution in [-0.2, 0) is 6.54 Å². The molecule has 5 nitrogen and oxygen atoms in total. The van der Waals surface area contributed by atoms with Crippen molar-refractivity contribution in [2.45, 2.75) is 26.5 Å². The summed E-state index contributed by atoms with van der Waals surface area (Å²) >= 11 is 1.64. The van der Waals surface area contributed by atoms with Crippen molar-refractivity contribution in [1.29, 1.82) is 0 Å². The van der Waals surface area contributed by atoms with Gasteiger partial charge in [-0.25, -0.2) is 9.37 Å². The number of aryl methyl sites for hydroxylation is 1. The minimum atomic E-state index is -0.271. The fourth-order valence-corrected chi connectivity index (χ4v) is 2.81. The summed E-state index contributed by atoms with van der Waals surface area (Å²) in [6.45, 7) is 5.23. The van der Waals surface area contributed by atoms with Crippen LogP contribution in [0.25, 0.3) is 0 Å². The third-order valence-electron chi connectivity index (χ3n) is 3.34. The topological polar surface area (TPSA) is 49.8 Å². The average Bonchev–Trinajstić information content (AvgIpc) is 2.95. The molecule has 2 aromatic rings. The Kier molecular flexibility index (Phi) is 9.12. The zero-order valence-electron chi connectivity index (χ0n) is 14.8. The highest BCUT2D eigenvalue weighted by atomic mass is 127. The first-order chi connectivity index (χ1) is 11.5. The van der Waals surface area contributed by atoms with E-state index in [1.807, 2.05) is 25.8 Å². The Morgan fingerprint density at radius 2 is 2.08 bits per heavy atom. The number of halogens is 2. The molecule has 1 aromatic heterocycles. The van der Waals surface area contributed by atoms with Crippen molar-refractivity contribution in [2.24, 2.45) is 4.99 Å². The monoisotopic (exact) mass is 478 g/mol. The molecular weight excluding hydrogens is 454 g/mol. The lowest BCUT2D eigenvalue weighted by molar-refractivity contribution is 0.222. The third kappa shape index (κ3) is 7.15. The summed E-state index contributed by atoms with van der Waals surface area (Å²) in [5, 5.41) is 6.39. The molecule has 0 saturated carbocycles. The predicted molar refractivity (Wildman–Crippen MR) is 112 cm³/mol. The van der Waals surface area contributed by atoms with E-state index in [1.165, 1.54) is 12.1 Å². The van der Waals surface area contributed by atoms with E-state index in [0.717, 1.165) is 16.7 Å². The van der Waals surface area contributed by atoms with Gasteiger partial charge >= 0.3 is 0 Å². The standard InChI is InChI=1S/C17H23FN4OS.HI/c1-12(23-16-7-5-14(18)6-8-16)9-20-17(19-3)22(4)10-15-11-24-13(2)21-15;/h5-8,11-12H,9-10H2,1-4H3,(H,19,20);1H. The zero-order valence-corrected chi connectivity index (χ0v) is 18.0. The van der Waals surface area contributed by atoms with Crippen LogP contribution in [0.4, 0.5) is 4.39 Å². The van der Waals surface area contributed by atoms with Crippen LogP contribution in [0.3, 0.4) is 0 Å². The summed E-state index contributed by atoms with van der Waals surface area (Å²) in [4.78, 5) is 10.8. The fraction of sp³-hybridized carbons (Fsp3) is 0.412. The Morgan fingerprint density at radius 1 is 1.40 bits per heavy atom. The first kappa shape index (κ1) is 21.6. The molecule has 0 aliphatic heterocycles. The van der Waals surface area contributed by atoms with Crippen molar-refractivity contribution >= 4 is 41.3 Å². The second-order valence-corrected chi connectivity index (χ2v) is 6.59. The molecule has 1 atom stereocenters. The minimum absolute atomic E-state index is 0. The number of aliphatic imine (C=N–C) groups is 1. The van der Waals surface area contributed by atoms with Crippen LogP contribution < -0.4 is 10.1 Å². The molecule has 0 bridgehead atoms. The number of nitrogens with one attached hydrogen (secondary N) is 1.